The number of rotatable bonds is 5. The predicted molar refractivity (Wildman–Crippen MR) is 81.0 cm³/mol. The summed E-state index contributed by atoms with van der Waals surface area (Å²) in [6.07, 6.45) is 0. The first kappa shape index (κ1) is 15.7. The van der Waals surface area contributed by atoms with Crippen LogP contribution in [0.25, 0.3) is 0 Å². The van der Waals surface area contributed by atoms with Gasteiger partial charge in [-0.15, -0.1) is 11.3 Å². The van der Waals surface area contributed by atoms with Gasteiger partial charge in [0.15, 0.2) is 0 Å². The number of thiophene rings is 1. The molecular formula is C13H15N3O3S2. The molecule has 2 heterocycles. The Morgan fingerprint density at radius 2 is 2.29 bits per heavy atom. The zero-order valence-electron chi connectivity index (χ0n) is 11.4. The monoisotopic (exact) mass is 325 g/mol. The molecule has 0 saturated heterocycles. The molecule has 112 valence electrons. The van der Waals surface area contributed by atoms with E-state index in [0.717, 1.165) is 9.75 Å². The van der Waals surface area contributed by atoms with Gasteiger partial charge in [-0.1, -0.05) is 17.0 Å². The molecule has 6 nitrogen and oxygen atoms in total. The van der Waals surface area contributed by atoms with Crippen molar-refractivity contribution in [3.63, 3.8) is 0 Å². The molecule has 0 fully saturated rings. The molecule has 21 heavy (non-hydrogen) atoms. The van der Waals surface area contributed by atoms with Crippen molar-refractivity contribution in [3.8, 4) is 11.8 Å². The van der Waals surface area contributed by atoms with Gasteiger partial charge in [0.25, 0.3) is 0 Å². The smallest absolute Gasteiger partial charge is 0.217 e. The second kappa shape index (κ2) is 6.87. The van der Waals surface area contributed by atoms with E-state index in [4.69, 9.17) is 10.3 Å². The first-order valence-electron chi connectivity index (χ1n) is 6.16. The Hall–Kier alpha value is -1.66. The quantitative estimate of drug-likeness (QED) is 0.798. The number of hydrogen-bond acceptors (Lipinski definition) is 6. The largest absolute Gasteiger partial charge is 0.361 e. The maximum atomic E-state index is 11.9. The van der Waals surface area contributed by atoms with E-state index in [0.29, 0.717) is 18.0 Å². The van der Waals surface area contributed by atoms with E-state index >= 15 is 0 Å². The second-order valence-electron chi connectivity index (χ2n) is 4.28. The highest BCUT2D eigenvalue weighted by molar-refractivity contribution is 7.88. The minimum Gasteiger partial charge on any atom is -0.361 e. The van der Waals surface area contributed by atoms with Crippen molar-refractivity contribution < 1.29 is 12.9 Å². The average Bonchev–Trinajstić information content (AvgIpc) is 3.03. The van der Waals surface area contributed by atoms with E-state index in [1.165, 1.54) is 11.3 Å². The fraction of sp³-hybridized carbons (Fsp3) is 0.308. The lowest BCUT2D eigenvalue weighted by Gasteiger charge is -2.02. The lowest BCUT2D eigenvalue weighted by atomic mass is 10.4. The number of sulfonamides is 1. The molecule has 0 aliphatic heterocycles. The first-order chi connectivity index (χ1) is 9.98. The third-order valence-electron chi connectivity index (χ3n) is 2.46. The van der Waals surface area contributed by atoms with Gasteiger partial charge in [0, 0.05) is 17.5 Å². The van der Waals surface area contributed by atoms with Crippen molar-refractivity contribution in [1.29, 1.82) is 0 Å². The number of aromatic nitrogens is 1. The molecule has 2 aromatic rings. The molecule has 0 aliphatic carbocycles. The van der Waals surface area contributed by atoms with Crippen molar-refractivity contribution in [2.75, 3.05) is 6.54 Å². The van der Waals surface area contributed by atoms with Crippen molar-refractivity contribution in [2.45, 2.75) is 19.2 Å². The van der Waals surface area contributed by atoms with Gasteiger partial charge in [-0.25, -0.2) is 13.1 Å². The zero-order chi connectivity index (χ0) is 15.3. The van der Waals surface area contributed by atoms with Gasteiger partial charge in [-0.3, -0.25) is 0 Å². The summed E-state index contributed by atoms with van der Waals surface area (Å²) >= 11 is 1.43. The maximum Gasteiger partial charge on any atom is 0.217 e. The van der Waals surface area contributed by atoms with Crippen LogP contribution in [0.4, 0.5) is 0 Å². The molecule has 0 amide bonds. The highest BCUT2D eigenvalue weighted by atomic mass is 32.2. The van der Waals surface area contributed by atoms with Crippen LogP contribution in [0.3, 0.4) is 0 Å². The minimum atomic E-state index is -3.45. The molecule has 0 atom stereocenters. The predicted octanol–water partition coefficient (Wildman–Crippen LogP) is 0.974. The van der Waals surface area contributed by atoms with Crippen LogP contribution in [-0.4, -0.2) is 20.1 Å². The Morgan fingerprint density at radius 1 is 1.48 bits per heavy atom. The first-order valence-corrected chi connectivity index (χ1v) is 8.62. The highest BCUT2D eigenvalue weighted by Gasteiger charge is 2.14. The summed E-state index contributed by atoms with van der Waals surface area (Å²) in [5, 5.41) is 3.67. The van der Waals surface area contributed by atoms with Crippen LogP contribution in [-0.2, 0) is 22.3 Å². The Balaban J connectivity index is 1.93. The fourth-order valence-electron chi connectivity index (χ4n) is 1.59. The topological polar surface area (TPSA) is 98.2 Å². The van der Waals surface area contributed by atoms with Gasteiger partial charge >= 0.3 is 0 Å². The Kier molecular flexibility index (Phi) is 5.14. The lowest BCUT2D eigenvalue weighted by molar-refractivity contribution is 0.392. The summed E-state index contributed by atoms with van der Waals surface area (Å²) < 4.78 is 31.2. The van der Waals surface area contributed by atoms with E-state index < -0.39 is 10.0 Å². The zero-order valence-corrected chi connectivity index (χ0v) is 13.1. The molecule has 3 N–H and O–H groups in total. The number of aryl methyl sites for hydroxylation is 1. The van der Waals surface area contributed by atoms with E-state index in [1.54, 1.807) is 13.0 Å². The number of nitrogens with zero attached hydrogens (tertiary/aromatic N) is 1. The molecule has 0 unspecified atom stereocenters. The molecule has 0 bridgehead atoms. The van der Waals surface area contributed by atoms with Gasteiger partial charge < -0.3 is 10.3 Å². The van der Waals surface area contributed by atoms with Crippen molar-refractivity contribution in [1.82, 2.24) is 9.88 Å². The molecule has 0 aliphatic rings. The van der Waals surface area contributed by atoms with E-state index in [-0.39, 0.29) is 12.3 Å². The van der Waals surface area contributed by atoms with Crippen molar-refractivity contribution in [2.24, 2.45) is 5.73 Å². The van der Waals surface area contributed by atoms with Crippen LogP contribution in [0.2, 0.25) is 0 Å². The maximum absolute atomic E-state index is 11.9. The summed E-state index contributed by atoms with van der Waals surface area (Å²) in [6, 6.07) is 5.29. The normalized spacial score (nSPS) is 11.1. The van der Waals surface area contributed by atoms with Crippen LogP contribution >= 0.6 is 11.3 Å². The Labute approximate surface area is 127 Å². The average molecular weight is 325 g/mol. The molecule has 0 radical (unpaired) electrons. The minimum absolute atomic E-state index is 0.199. The summed E-state index contributed by atoms with van der Waals surface area (Å²) in [7, 11) is -3.45. The Morgan fingerprint density at radius 3 is 2.95 bits per heavy atom. The third-order valence-corrected chi connectivity index (χ3v) is 4.72. The van der Waals surface area contributed by atoms with Crippen LogP contribution in [0.1, 0.15) is 21.2 Å². The number of nitrogens with one attached hydrogen (secondary N) is 1. The fourth-order valence-corrected chi connectivity index (χ4v) is 3.51. The van der Waals surface area contributed by atoms with E-state index in [1.807, 2.05) is 12.1 Å². The van der Waals surface area contributed by atoms with Crippen LogP contribution in [0, 0.1) is 18.8 Å². The van der Waals surface area contributed by atoms with Crippen LogP contribution < -0.4 is 10.5 Å². The molecular weight excluding hydrogens is 310 g/mol. The summed E-state index contributed by atoms with van der Waals surface area (Å²) in [6.45, 7) is 2.25. The molecule has 2 rings (SSSR count). The summed E-state index contributed by atoms with van der Waals surface area (Å²) in [5.41, 5.74) is 5.69. The lowest BCUT2D eigenvalue weighted by Crippen LogP contribution is -2.24. The number of hydrogen-bond donors (Lipinski definition) is 2. The van der Waals surface area contributed by atoms with Crippen molar-refractivity contribution in [3.05, 3.63) is 39.4 Å². The van der Waals surface area contributed by atoms with Gasteiger partial charge in [0.1, 0.15) is 17.2 Å². The van der Waals surface area contributed by atoms with Crippen LogP contribution in [0.15, 0.2) is 22.7 Å². The van der Waals surface area contributed by atoms with Crippen molar-refractivity contribution >= 4 is 21.4 Å². The van der Waals surface area contributed by atoms with Gasteiger partial charge in [0.2, 0.25) is 10.0 Å². The highest BCUT2D eigenvalue weighted by Crippen LogP contribution is 2.15. The second-order valence-corrected chi connectivity index (χ2v) is 7.26. The van der Waals surface area contributed by atoms with E-state index in [9.17, 15) is 8.42 Å². The molecule has 0 saturated carbocycles. The van der Waals surface area contributed by atoms with Crippen LogP contribution in [0.5, 0.6) is 0 Å². The molecule has 0 aromatic carbocycles. The molecule has 8 heteroatoms. The SMILES string of the molecule is Cc1cc(CS(=O)(=O)NCc2ccc(C#CCN)s2)no1. The molecule has 0 spiro atoms. The number of nitrogens with two attached hydrogens (primary N) is 1. The summed E-state index contributed by atoms with van der Waals surface area (Å²) in [4.78, 5) is 1.75. The van der Waals surface area contributed by atoms with Gasteiger partial charge in [0.05, 0.1) is 11.4 Å². The van der Waals surface area contributed by atoms with Gasteiger partial charge in [-0.05, 0) is 19.1 Å². The van der Waals surface area contributed by atoms with Gasteiger partial charge in [-0.2, -0.15) is 0 Å². The third kappa shape index (κ3) is 4.99. The van der Waals surface area contributed by atoms with E-state index in [2.05, 4.69) is 21.7 Å². The summed E-state index contributed by atoms with van der Waals surface area (Å²) in [5.74, 6) is 6.05. The standard InChI is InChI=1S/C13H15N3O3S2/c1-10-7-11(16-19-10)9-21(17,18)15-8-13-5-4-12(20-13)3-2-6-14/h4-5,7,15H,6,8-9,14H2,1H3. The Bertz CT molecular complexity index is 766. The molecule has 2 aromatic heterocycles.